The molecule has 0 saturated carbocycles. The number of ether oxygens (including phenoxy) is 1. The summed E-state index contributed by atoms with van der Waals surface area (Å²) in [6.45, 7) is 0. The van der Waals surface area contributed by atoms with E-state index in [1.54, 1.807) is 30.3 Å². The van der Waals surface area contributed by atoms with E-state index in [0.29, 0.717) is 22.1 Å². The second kappa shape index (κ2) is 5.14. The predicted octanol–water partition coefficient (Wildman–Crippen LogP) is 3.81. The van der Waals surface area contributed by atoms with Crippen LogP contribution in [0.3, 0.4) is 0 Å². The average Bonchev–Trinajstić information content (AvgIpc) is 2.34. The largest absolute Gasteiger partial charge is 0.495 e. The Hall–Kier alpha value is -1.94. The lowest BCUT2D eigenvalue weighted by Crippen LogP contribution is -2.00. The quantitative estimate of drug-likeness (QED) is 0.831. The first-order valence-electron chi connectivity index (χ1n) is 5.26. The number of nitrogen functional groups attached to an aromatic ring is 1. The molecule has 0 aliphatic carbocycles. The van der Waals surface area contributed by atoms with E-state index in [1.165, 1.54) is 13.2 Å². The van der Waals surface area contributed by atoms with E-state index >= 15 is 0 Å². The molecule has 0 fully saturated rings. The van der Waals surface area contributed by atoms with Gasteiger partial charge in [-0.25, -0.2) is 4.39 Å². The minimum atomic E-state index is -0.433. The molecule has 0 unspecified atom stereocenters. The fourth-order valence-electron chi connectivity index (χ4n) is 1.59. The van der Waals surface area contributed by atoms with Crippen LogP contribution < -0.4 is 15.8 Å². The molecule has 94 valence electrons. The zero-order valence-electron chi connectivity index (χ0n) is 9.71. The zero-order chi connectivity index (χ0) is 13.1. The monoisotopic (exact) mass is 266 g/mol. The number of nitrogens with two attached hydrogens (primary N) is 1. The van der Waals surface area contributed by atoms with Crippen molar-refractivity contribution in [1.82, 2.24) is 0 Å². The third kappa shape index (κ3) is 2.49. The van der Waals surface area contributed by atoms with Gasteiger partial charge in [0.05, 0.1) is 24.2 Å². The van der Waals surface area contributed by atoms with Crippen LogP contribution in [0.25, 0.3) is 0 Å². The molecule has 2 rings (SSSR count). The van der Waals surface area contributed by atoms with Gasteiger partial charge in [0.15, 0.2) is 0 Å². The van der Waals surface area contributed by atoms with Crippen LogP contribution >= 0.6 is 11.6 Å². The van der Waals surface area contributed by atoms with Crippen molar-refractivity contribution in [2.45, 2.75) is 0 Å². The lowest BCUT2D eigenvalue weighted by atomic mass is 10.2. The van der Waals surface area contributed by atoms with Gasteiger partial charge in [0, 0.05) is 5.02 Å². The molecule has 3 N–H and O–H groups in total. The van der Waals surface area contributed by atoms with Crippen molar-refractivity contribution in [3.8, 4) is 5.75 Å². The highest BCUT2D eigenvalue weighted by Gasteiger charge is 2.10. The molecule has 2 aromatic carbocycles. The Morgan fingerprint density at radius 3 is 2.72 bits per heavy atom. The molecule has 5 heteroatoms. The maximum Gasteiger partial charge on any atom is 0.148 e. The Balaban J connectivity index is 2.42. The van der Waals surface area contributed by atoms with Crippen LogP contribution in [0.2, 0.25) is 5.02 Å². The minimum absolute atomic E-state index is 0.207. The number of benzene rings is 2. The fraction of sp³-hybridized carbons (Fsp3) is 0.0769. The van der Waals surface area contributed by atoms with Crippen LogP contribution in [-0.2, 0) is 0 Å². The maximum atomic E-state index is 13.7. The van der Waals surface area contributed by atoms with Gasteiger partial charge in [0.25, 0.3) is 0 Å². The van der Waals surface area contributed by atoms with Crippen molar-refractivity contribution >= 4 is 28.7 Å². The smallest absolute Gasteiger partial charge is 0.148 e. The first kappa shape index (κ1) is 12.5. The van der Waals surface area contributed by atoms with Crippen molar-refractivity contribution in [2.24, 2.45) is 0 Å². The summed E-state index contributed by atoms with van der Waals surface area (Å²) < 4.78 is 18.8. The number of halogens is 2. The van der Waals surface area contributed by atoms with Crippen molar-refractivity contribution in [2.75, 3.05) is 18.2 Å². The number of para-hydroxylation sites is 1. The van der Waals surface area contributed by atoms with Crippen LogP contribution in [0, 0.1) is 5.82 Å². The molecule has 0 atom stereocenters. The average molecular weight is 267 g/mol. The van der Waals surface area contributed by atoms with Crippen molar-refractivity contribution < 1.29 is 9.13 Å². The maximum absolute atomic E-state index is 13.7. The molecule has 3 nitrogen and oxygen atoms in total. The third-order valence-electron chi connectivity index (χ3n) is 2.47. The van der Waals surface area contributed by atoms with Gasteiger partial charge >= 0.3 is 0 Å². The predicted molar refractivity (Wildman–Crippen MR) is 72.1 cm³/mol. The van der Waals surface area contributed by atoms with Crippen LogP contribution in [0.15, 0.2) is 36.4 Å². The summed E-state index contributed by atoms with van der Waals surface area (Å²) in [7, 11) is 1.53. The highest BCUT2D eigenvalue weighted by molar-refractivity contribution is 6.31. The normalized spacial score (nSPS) is 10.2. The standard InChI is InChI=1S/C13H12ClFN2O/c1-18-12-6-5-8(14)7-11(12)17-13-9(15)3-2-4-10(13)16/h2-7,17H,16H2,1H3. The minimum Gasteiger partial charge on any atom is -0.495 e. The topological polar surface area (TPSA) is 47.3 Å². The lowest BCUT2D eigenvalue weighted by Gasteiger charge is -2.13. The molecule has 0 aliphatic rings. The van der Waals surface area contributed by atoms with Gasteiger partial charge in [-0.15, -0.1) is 0 Å². The summed E-state index contributed by atoms with van der Waals surface area (Å²) in [5, 5.41) is 3.41. The Kier molecular flexibility index (Phi) is 3.58. The number of methoxy groups -OCH3 is 1. The van der Waals surface area contributed by atoms with Gasteiger partial charge < -0.3 is 15.8 Å². The van der Waals surface area contributed by atoms with Crippen LogP contribution in [0.5, 0.6) is 5.75 Å². The van der Waals surface area contributed by atoms with Crippen molar-refractivity contribution in [3.63, 3.8) is 0 Å². The van der Waals surface area contributed by atoms with Gasteiger partial charge in [0.2, 0.25) is 0 Å². The van der Waals surface area contributed by atoms with Crippen LogP contribution in [0.1, 0.15) is 0 Å². The molecule has 0 saturated heterocycles. The van der Waals surface area contributed by atoms with E-state index in [2.05, 4.69) is 5.32 Å². The second-order valence-corrected chi connectivity index (χ2v) is 4.11. The summed E-state index contributed by atoms with van der Waals surface area (Å²) in [5.74, 6) is 0.124. The van der Waals surface area contributed by atoms with E-state index in [9.17, 15) is 4.39 Å². The zero-order valence-corrected chi connectivity index (χ0v) is 10.5. The van der Waals surface area contributed by atoms with Crippen molar-refractivity contribution in [3.05, 3.63) is 47.2 Å². The SMILES string of the molecule is COc1ccc(Cl)cc1Nc1c(N)cccc1F. The van der Waals surface area contributed by atoms with Gasteiger partial charge in [-0.05, 0) is 30.3 Å². The molecule has 0 amide bonds. The molecule has 2 aromatic rings. The third-order valence-corrected chi connectivity index (χ3v) is 2.70. The van der Waals surface area contributed by atoms with Gasteiger partial charge in [0.1, 0.15) is 11.6 Å². The van der Waals surface area contributed by atoms with Crippen molar-refractivity contribution in [1.29, 1.82) is 0 Å². The van der Waals surface area contributed by atoms with E-state index < -0.39 is 5.82 Å². The Morgan fingerprint density at radius 1 is 1.28 bits per heavy atom. The Bertz CT molecular complexity index is 555. The molecule has 0 aliphatic heterocycles. The van der Waals surface area contributed by atoms with E-state index in [1.807, 2.05) is 0 Å². The van der Waals surface area contributed by atoms with Gasteiger partial charge in [-0.2, -0.15) is 0 Å². The summed E-state index contributed by atoms with van der Waals surface area (Å²) >= 11 is 5.90. The molecular formula is C13H12ClFN2O. The molecule has 0 spiro atoms. The van der Waals surface area contributed by atoms with Gasteiger partial charge in [-0.1, -0.05) is 17.7 Å². The first-order valence-corrected chi connectivity index (χ1v) is 5.64. The highest BCUT2D eigenvalue weighted by atomic mass is 35.5. The number of nitrogens with one attached hydrogen (secondary N) is 1. The molecular weight excluding hydrogens is 255 g/mol. The number of rotatable bonds is 3. The van der Waals surface area contributed by atoms with Crippen LogP contribution in [0.4, 0.5) is 21.5 Å². The van der Waals surface area contributed by atoms with Gasteiger partial charge in [-0.3, -0.25) is 0 Å². The first-order chi connectivity index (χ1) is 8.61. The second-order valence-electron chi connectivity index (χ2n) is 3.67. The molecule has 18 heavy (non-hydrogen) atoms. The number of anilines is 3. The molecule has 0 aromatic heterocycles. The number of hydrogen-bond acceptors (Lipinski definition) is 3. The fourth-order valence-corrected chi connectivity index (χ4v) is 1.76. The molecule has 0 radical (unpaired) electrons. The van der Waals surface area contributed by atoms with E-state index in [-0.39, 0.29) is 5.69 Å². The number of hydrogen-bond donors (Lipinski definition) is 2. The summed E-state index contributed by atoms with van der Waals surface area (Å²) in [6.07, 6.45) is 0. The molecule has 0 heterocycles. The molecule has 0 bridgehead atoms. The summed E-state index contributed by atoms with van der Waals surface area (Å²) in [4.78, 5) is 0. The lowest BCUT2D eigenvalue weighted by molar-refractivity contribution is 0.417. The highest BCUT2D eigenvalue weighted by Crippen LogP contribution is 2.33. The summed E-state index contributed by atoms with van der Waals surface area (Å²) in [6, 6.07) is 9.52. The summed E-state index contributed by atoms with van der Waals surface area (Å²) in [5.41, 5.74) is 6.80. The van der Waals surface area contributed by atoms with E-state index in [0.717, 1.165) is 0 Å². The Morgan fingerprint density at radius 2 is 2.06 bits per heavy atom. The van der Waals surface area contributed by atoms with Crippen LogP contribution in [-0.4, -0.2) is 7.11 Å². The Labute approximate surface area is 109 Å². The van der Waals surface area contributed by atoms with E-state index in [4.69, 9.17) is 22.1 Å².